The first kappa shape index (κ1) is 18.3. The number of rotatable bonds is 5. The summed E-state index contributed by atoms with van der Waals surface area (Å²) in [6, 6.07) is 3.32. The number of ether oxygens (including phenoxy) is 1. The topological polar surface area (TPSA) is 93.4 Å². The van der Waals surface area contributed by atoms with Gasteiger partial charge in [-0.25, -0.2) is 4.98 Å². The van der Waals surface area contributed by atoms with E-state index in [9.17, 15) is 9.90 Å². The maximum atomic E-state index is 12.9. The molecule has 1 N–H and O–H groups in total. The maximum Gasteiger partial charge on any atom is 0.254 e. The van der Waals surface area contributed by atoms with Gasteiger partial charge in [-0.1, -0.05) is 0 Å². The third-order valence-corrected chi connectivity index (χ3v) is 4.47. The smallest absolute Gasteiger partial charge is 0.254 e. The summed E-state index contributed by atoms with van der Waals surface area (Å²) in [5.41, 5.74) is -0.488. The highest BCUT2D eigenvalue weighted by molar-refractivity contribution is 5.94. The van der Waals surface area contributed by atoms with Crippen LogP contribution in [-0.4, -0.2) is 60.5 Å². The third-order valence-electron chi connectivity index (χ3n) is 4.47. The number of β-amino-alcohol motifs (C(OH)–C–C–N with tert-alkyl or cyclic N) is 1. The Hall–Kier alpha value is -2.48. The van der Waals surface area contributed by atoms with Crippen molar-refractivity contribution in [2.45, 2.75) is 44.8 Å². The third kappa shape index (κ3) is 4.19. The van der Waals surface area contributed by atoms with E-state index in [1.807, 2.05) is 20.9 Å². The minimum atomic E-state index is -1.00. The summed E-state index contributed by atoms with van der Waals surface area (Å²) in [7, 11) is 1.84. The predicted molar refractivity (Wildman–Crippen MR) is 94.8 cm³/mol. The van der Waals surface area contributed by atoms with Gasteiger partial charge < -0.3 is 19.3 Å². The number of amides is 1. The summed E-state index contributed by atoms with van der Waals surface area (Å²) in [5, 5.41) is 18.9. The Morgan fingerprint density at radius 1 is 1.46 bits per heavy atom. The number of likely N-dealkylation sites (tertiary alicyclic amines) is 1. The summed E-state index contributed by atoms with van der Waals surface area (Å²) in [6.07, 6.45) is 4.89. The zero-order valence-electron chi connectivity index (χ0n) is 15.4. The number of hydrogen-bond acceptors (Lipinski definition) is 6. The van der Waals surface area contributed by atoms with Gasteiger partial charge in [-0.3, -0.25) is 4.79 Å². The number of aromatic nitrogens is 4. The average Bonchev–Trinajstić information content (AvgIpc) is 2.98. The van der Waals surface area contributed by atoms with E-state index in [0.29, 0.717) is 36.7 Å². The molecule has 3 heterocycles. The van der Waals surface area contributed by atoms with Crippen LogP contribution in [0.4, 0.5) is 0 Å². The van der Waals surface area contributed by atoms with Gasteiger partial charge in [0.05, 0.1) is 18.2 Å². The van der Waals surface area contributed by atoms with Crippen molar-refractivity contribution in [3.63, 3.8) is 0 Å². The summed E-state index contributed by atoms with van der Waals surface area (Å²) < 4.78 is 7.36. The van der Waals surface area contributed by atoms with E-state index in [1.165, 1.54) is 0 Å². The van der Waals surface area contributed by atoms with Gasteiger partial charge in [0.15, 0.2) is 0 Å². The lowest BCUT2D eigenvalue weighted by Crippen LogP contribution is -2.51. The van der Waals surface area contributed by atoms with Gasteiger partial charge in [0.25, 0.3) is 5.91 Å². The van der Waals surface area contributed by atoms with Crippen LogP contribution in [0, 0.1) is 0 Å². The molecule has 1 aliphatic heterocycles. The highest BCUT2D eigenvalue weighted by Gasteiger charge is 2.36. The minimum Gasteiger partial charge on any atom is -0.475 e. The number of nitrogens with zero attached hydrogens (tertiary/aromatic N) is 5. The SMILES string of the molecule is CC(C)Oc1cc(C(=O)N2CCCC(O)(Cc3nncn3C)C2)ccn1. The monoisotopic (exact) mass is 359 g/mol. The van der Waals surface area contributed by atoms with Crippen molar-refractivity contribution < 1.29 is 14.6 Å². The molecule has 3 rings (SSSR count). The lowest BCUT2D eigenvalue weighted by Gasteiger charge is -2.39. The zero-order chi connectivity index (χ0) is 18.7. The van der Waals surface area contributed by atoms with Crippen LogP contribution < -0.4 is 4.74 Å². The van der Waals surface area contributed by atoms with Gasteiger partial charge in [0.1, 0.15) is 12.2 Å². The molecule has 2 aromatic rings. The molecular weight excluding hydrogens is 334 g/mol. The van der Waals surface area contributed by atoms with E-state index in [1.54, 1.807) is 34.1 Å². The Bertz CT molecular complexity index is 776. The molecule has 1 fully saturated rings. The second-order valence-corrected chi connectivity index (χ2v) is 7.14. The lowest BCUT2D eigenvalue weighted by atomic mass is 9.89. The molecule has 2 aromatic heterocycles. The molecule has 8 heteroatoms. The fourth-order valence-electron chi connectivity index (χ4n) is 3.22. The molecule has 26 heavy (non-hydrogen) atoms. The lowest BCUT2D eigenvalue weighted by molar-refractivity contribution is -0.0258. The highest BCUT2D eigenvalue weighted by Crippen LogP contribution is 2.26. The van der Waals surface area contributed by atoms with Crippen molar-refractivity contribution in [3.05, 3.63) is 36.0 Å². The maximum absolute atomic E-state index is 12.9. The van der Waals surface area contributed by atoms with E-state index in [2.05, 4.69) is 15.2 Å². The Morgan fingerprint density at radius 2 is 2.27 bits per heavy atom. The molecule has 0 aromatic carbocycles. The fourth-order valence-corrected chi connectivity index (χ4v) is 3.22. The van der Waals surface area contributed by atoms with E-state index in [4.69, 9.17) is 4.74 Å². The van der Waals surface area contributed by atoms with Gasteiger partial charge in [-0.2, -0.15) is 0 Å². The summed E-state index contributed by atoms with van der Waals surface area (Å²) in [5.74, 6) is 1.01. The number of hydrogen-bond donors (Lipinski definition) is 1. The number of piperidine rings is 1. The second kappa shape index (κ2) is 7.41. The number of aliphatic hydroxyl groups is 1. The Morgan fingerprint density at radius 3 is 2.96 bits per heavy atom. The standard InChI is InChI=1S/C18H25N5O3/c1-13(2)26-16-9-14(5-7-19-16)17(24)23-8-4-6-18(25,11-23)10-15-21-20-12-22(15)3/h5,7,9,12-13,25H,4,6,8,10-11H2,1-3H3. The Labute approximate surface area is 152 Å². The van der Waals surface area contributed by atoms with Crippen LogP contribution in [0.2, 0.25) is 0 Å². The van der Waals surface area contributed by atoms with Crippen LogP contribution >= 0.6 is 0 Å². The molecule has 1 saturated heterocycles. The second-order valence-electron chi connectivity index (χ2n) is 7.14. The quantitative estimate of drug-likeness (QED) is 0.862. The van der Waals surface area contributed by atoms with Crippen molar-refractivity contribution in [3.8, 4) is 5.88 Å². The number of aryl methyl sites for hydroxylation is 1. The van der Waals surface area contributed by atoms with Crippen molar-refractivity contribution >= 4 is 5.91 Å². The van der Waals surface area contributed by atoms with Gasteiger partial charge in [0.2, 0.25) is 5.88 Å². The Balaban J connectivity index is 1.72. The van der Waals surface area contributed by atoms with Crippen molar-refractivity contribution in [2.24, 2.45) is 7.05 Å². The van der Waals surface area contributed by atoms with Gasteiger partial charge in [0, 0.05) is 37.8 Å². The van der Waals surface area contributed by atoms with Crippen LogP contribution in [-0.2, 0) is 13.5 Å². The van der Waals surface area contributed by atoms with Gasteiger partial charge >= 0.3 is 0 Å². The molecule has 0 radical (unpaired) electrons. The average molecular weight is 359 g/mol. The predicted octanol–water partition coefficient (Wildman–Crippen LogP) is 1.21. The first-order valence-electron chi connectivity index (χ1n) is 8.83. The van der Waals surface area contributed by atoms with Crippen LogP contribution in [0.1, 0.15) is 42.9 Å². The van der Waals surface area contributed by atoms with E-state index in [-0.39, 0.29) is 18.6 Å². The zero-order valence-corrected chi connectivity index (χ0v) is 15.4. The van der Waals surface area contributed by atoms with Crippen LogP contribution in [0.5, 0.6) is 5.88 Å². The largest absolute Gasteiger partial charge is 0.475 e. The molecule has 0 bridgehead atoms. The van der Waals surface area contributed by atoms with Crippen molar-refractivity contribution in [2.75, 3.05) is 13.1 Å². The summed E-state index contributed by atoms with van der Waals surface area (Å²) in [6.45, 7) is 4.70. The normalized spacial score (nSPS) is 20.4. The number of carbonyl (C=O) groups excluding carboxylic acids is 1. The fraction of sp³-hybridized carbons (Fsp3) is 0.556. The van der Waals surface area contributed by atoms with E-state index < -0.39 is 5.60 Å². The first-order chi connectivity index (χ1) is 12.4. The van der Waals surface area contributed by atoms with Crippen LogP contribution in [0.15, 0.2) is 24.7 Å². The summed E-state index contributed by atoms with van der Waals surface area (Å²) >= 11 is 0. The molecule has 1 amide bonds. The molecule has 0 aliphatic carbocycles. The number of carbonyl (C=O) groups is 1. The molecular formula is C18H25N5O3. The highest BCUT2D eigenvalue weighted by atomic mass is 16.5. The van der Waals surface area contributed by atoms with Crippen molar-refractivity contribution in [1.29, 1.82) is 0 Å². The molecule has 0 saturated carbocycles. The molecule has 140 valence electrons. The number of pyridine rings is 1. The van der Waals surface area contributed by atoms with E-state index in [0.717, 1.165) is 6.42 Å². The van der Waals surface area contributed by atoms with Crippen LogP contribution in [0.3, 0.4) is 0 Å². The van der Waals surface area contributed by atoms with Gasteiger partial charge in [-0.15, -0.1) is 10.2 Å². The van der Waals surface area contributed by atoms with Crippen LogP contribution in [0.25, 0.3) is 0 Å². The van der Waals surface area contributed by atoms with E-state index >= 15 is 0 Å². The molecule has 1 aliphatic rings. The van der Waals surface area contributed by atoms with Crippen molar-refractivity contribution in [1.82, 2.24) is 24.6 Å². The molecule has 1 unspecified atom stereocenters. The Kier molecular flexibility index (Phi) is 5.22. The first-order valence-corrected chi connectivity index (χ1v) is 8.83. The molecule has 1 atom stereocenters. The molecule has 8 nitrogen and oxygen atoms in total. The minimum absolute atomic E-state index is 0.0145. The summed E-state index contributed by atoms with van der Waals surface area (Å²) in [4.78, 5) is 18.7. The van der Waals surface area contributed by atoms with Gasteiger partial charge in [-0.05, 0) is 32.8 Å². The molecule has 0 spiro atoms.